The van der Waals surface area contributed by atoms with E-state index in [9.17, 15) is 9.90 Å². The number of hydrogen-bond donors (Lipinski definition) is 2. The molecule has 94 valence electrons. The number of benzene rings is 1. The first-order chi connectivity index (χ1) is 8.11. The van der Waals surface area contributed by atoms with Crippen molar-refractivity contribution in [1.29, 1.82) is 0 Å². The lowest BCUT2D eigenvalue weighted by Crippen LogP contribution is -2.20. The van der Waals surface area contributed by atoms with Gasteiger partial charge in [-0.1, -0.05) is 12.1 Å². The smallest absolute Gasteiger partial charge is 0.223 e. The molecule has 0 bridgehead atoms. The Kier molecular flexibility index (Phi) is 5.49. The van der Waals surface area contributed by atoms with Crippen LogP contribution in [-0.4, -0.2) is 30.8 Å². The second-order valence-electron chi connectivity index (χ2n) is 3.97. The molecule has 2 N–H and O–H groups in total. The minimum Gasteiger partial charge on any atom is -0.493 e. The van der Waals surface area contributed by atoms with Gasteiger partial charge in [-0.2, -0.15) is 0 Å². The standard InChI is InChI=1S/C13H19NO3/c1-10(15)9-11-3-5-12(6-4-11)17-8-7-13(16)14-2/h3-6,10,15H,7-9H2,1-2H3,(H,14,16). The number of carbonyl (C=O) groups excluding carboxylic acids is 1. The van der Waals surface area contributed by atoms with Crippen molar-refractivity contribution in [1.82, 2.24) is 5.32 Å². The fourth-order valence-electron chi connectivity index (χ4n) is 1.45. The van der Waals surface area contributed by atoms with Crippen LogP contribution in [0.2, 0.25) is 0 Å². The van der Waals surface area contributed by atoms with E-state index in [0.29, 0.717) is 19.4 Å². The van der Waals surface area contributed by atoms with Crippen molar-refractivity contribution in [3.63, 3.8) is 0 Å². The maximum absolute atomic E-state index is 11.0. The second kappa shape index (κ2) is 6.91. The summed E-state index contributed by atoms with van der Waals surface area (Å²) in [6.45, 7) is 2.13. The fraction of sp³-hybridized carbons (Fsp3) is 0.462. The van der Waals surface area contributed by atoms with Gasteiger partial charge in [0.2, 0.25) is 5.91 Å². The van der Waals surface area contributed by atoms with Crippen LogP contribution < -0.4 is 10.1 Å². The first kappa shape index (κ1) is 13.5. The van der Waals surface area contributed by atoms with Gasteiger partial charge in [-0.25, -0.2) is 0 Å². The number of rotatable bonds is 6. The second-order valence-corrected chi connectivity index (χ2v) is 3.97. The molecule has 0 heterocycles. The quantitative estimate of drug-likeness (QED) is 0.779. The molecule has 0 aliphatic rings. The Morgan fingerprint density at radius 3 is 2.59 bits per heavy atom. The van der Waals surface area contributed by atoms with Gasteiger partial charge in [0.15, 0.2) is 0 Å². The van der Waals surface area contributed by atoms with Crippen LogP contribution in [-0.2, 0) is 11.2 Å². The number of ether oxygens (including phenoxy) is 1. The largest absolute Gasteiger partial charge is 0.493 e. The van der Waals surface area contributed by atoms with Crippen LogP contribution in [0, 0.1) is 0 Å². The third-order valence-electron chi connectivity index (χ3n) is 2.33. The Labute approximate surface area is 102 Å². The normalized spacial score (nSPS) is 11.9. The maximum atomic E-state index is 11.0. The van der Waals surface area contributed by atoms with Crippen molar-refractivity contribution >= 4 is 5.91 Å². The molecular formula is C13H19NO3. The van der Waals surface area contributed by atoms with Gasteiger partial charge in [-0.3, -0.25) is 4.79 Å². The van der Waals surface area contributed by atoms with Crippen LogP contribution in [0.3, 0.4) is 0 Å². The molecule has 1 aromatic carbocycles. The SMILES string of the molecule is CNC(=O)CCOc1ccc(CC(C)O)cc1. The number of aliphatic hydroxyl groups is 1. The molecule has 1 rings (SSSR count). The van der Waals surface area contributed by atoms with Gasteiger partial charge in [-0.05, 0) is 31.0 Å². The van der Waals surface area contributed by atoms with E-state index in [0.717, 1.165) is 11.3 Å². The molecule has 1 aromatic rings. The third-order valence-corrected chi connectivity index (χ3v) is 2.33. The molecule has 0 radical (unpaired) electrons. The highest BCUT2D eigenvalue weighted by Gasteiger charge is 2.01. The zero-order chi connectivity index (χ0) is 12.7. The lowest BCUT2D eigenvalue weighted by Gasteiger charge is -2.07. The average molecular weight is 237 g/mol. The number of amides is 1. The van der Waals surface area contributed by atoms with E-state index in [1.807, 2.05) is 24.3 Å². The van der Waals surface area contributed by atoms with E-state index in [2.05, 4.69) is 5.32 Å². The summed E-state index contributed by atoms with van der Waals surface area (Å²) in [7, 11) is 1.60. The summed E-state index contributed by atoms with van der Waals surface area (Å²) in [6.07, 6.45) is 0.653. The van der Waals surface area contributed by atoms with Gasteiger partial charge in [0.05, 0.1) is 19.1 Å². The number of carbonyl (C=O) groups is 1. The third kappa shape index (κ3) is 5.36. The van der Waals surface area contributed by atoms with Crippen molar-refractivity contribution in [3.05, 3.63) is 29.8 Å². The summed E-state index contributed by atoms with van der Waals surface area (Å²) in [5, 5.41) is 11.8. The monoisotopic (exact) mass is 237 g/mol. The van der Waals surface area contributed by atoms with Gasteiger partial charge in [0.1, 0.15) is 5.75 Å². The Balaban J connectivity index is 2.37. The van der Waals surface area contributed by atoms with Crippen LogP contribution in [0.25, 0.3) is 0 Å². The first-order valence-corrected chi connectivity index (χ1v) is 5.72. The summed E-state index contributed by atoms with van der Waals surface area (Å²) in [5.74, 6) is 0.707. The lowest BCUT2D eigenvalue weighted by atomic mass is 10.1. The van der Waals surface area contributed by atoms with E-state index < -0.39 is 0 Å². The van der Waals surface area contributed by atoms with Gasteiger partial charge < -0.3 is 15.2 Å². The van der Waals surface area contributed by atoms with E-state index in [1.165, 1.54) is 0 Å². The fourth-order valence-corrected chi connectivity index (χ4v) is 1.45. The Morgan fingerprint density at radius 2 is 2.06 bits per heavy atom. The van der Waals surface area contributed by atoms with Gasteiger partial charge in [0.25, 0.3) is 0 Å². The van der Waals surface area contributed by atoms with Crippen LogP contribution in [0.15, 0.2) is 24.3 Å². The molecule has 0 spiro atoms. The summed E-state index contributed by atoms with van der Waals surface area (Å²) >= 11 is 0. The molecule has 1 unspecified atom stereocenters. The van der Waals surface area contributed by atoms with Crippen molar-refractivity contribution < 1.29 is 14.6 Å². The molecule has 1 amide bonds. The zero-order valence-corrected chi connectivity index (χ0v) is 10.3. The highest BCUT2D eigenvalue weighted by Crippen LogP contribution is 2.13. The van der Waals surface area contributed by atoms with Crippen LogP contribution in [0.5, 0.6) is 5.75 Å². The Morgan fingerprint density at radius 1 is 1.41 bits per heavy atom. The molecule has 1 atom stereocenters. The molecule has 17 heavy (non-hydrogen) atoms. The molecule has 4 heteroatoms. The van der Waals surface area contributed by atoms with Crippen LogP contribution >= 0.6 is 0 Å². The Bertz CT molecular complexity index is 346. The first-order valence-electron chi connectivity index (χ1n) is 5.72. The molecule has 4 nitrogen and oxygen atoms in total. The maximum Gasteiger partial charge on any atom is 0.223 e. The minimum atomic E-state index is -0.338. The van der Waals surface area contributed by atoms with E-state index in [1.54, 1.807) is 14.0 Å². The predicted octanol–water partition coefficient (Wildman–Crippen LogP) is 1.12. The van der Waals surface area contributed by atoms with Gasteiger partial charge in [0, 0.05) is 7.05 Å². The van der Waals surface area contributed by atoms with E-state index in [4.69, 9.17) is 4.74 Å². The lowest BCUT2D eigenvalue weighted by molar-refractivity contribution is -0.121. The average Bonchev–Trinajstić information content (AvgIpc) is 2.30. The number of nitrogens with one attached hydrogen (secondary N) is 1. The minimum absolute atomic E-state index is 0.0317. The number of hydrogen-bond acceptors (Lipinski definition) is 3. The highest BCUT2D eigenvalue weighted by molar-refractivity contribution is 5.75. The molecule has 0 saturated carbocycles. The van der Waals surface area contributed by atoms with Crippen molar-refractivity contribution in [2.24, 2.45) is 0 Å². The topological polar surface area (TPSA) is 58.6 Å². The van der Waals surface area contributed by atoms with Crippen LogP contribution in [0.1, 0.15) is 18.9 Å². The summed E-state index contributed by atoms with van der Waals surface area (Å²) < 4.78 is 5.42. The summed E-state index contributed by atoms with van der Waals surface area (Å²) in [4.78, 5) is 11.0. The van der Waals surface area contributed by atoms with Crippen molar-refractivity contribution in [3.8, 4) is 5.75 Å². The molecule has 0 aliphatic carbocycles. The molecular weight excluding hydrogens is 218 g/mol. The van der Waals surface area contributed by atoms with Gasteiger partial charge in [-0.15, -0.1) is 0 Å². The van der Waals surface area contributed by atoms with E-state index in [-0.39, 0.29) is 12.0 Å². The molecule has 0 saturated heterocycles. The zero-order valence-electron chi connectivity index (χ0n) is 10.3. The highest BCUT2D eigenvalue weighted by atomic mass is 16.5. The molecule has 0 fully saturated rings. The van der Waals surface area contributed by atoms with Gasteiger partial charge >= 0.3 is 0 Å². The molecule has 0 aromatic heterocycles. The van der Waals surface area contributed by atoms with Crippen LogP contribution in [0.4, 0.5) is 0 Å². The predicted molar refractivity (Wildman–Crippen MR) is 66.0 cm³/mol. The summed E-state index contributed by atoms with van der Waals surface area (Å²) in [6, 6.07) is 7.53. The summed E-state index contributed by atoms with van der Waals surface area (Å²) in [5.41, 5.74) is 1.07. The Hall–Kier alpha value is -1.55. The van der Waals surface area contributed by atoms with E-state index >= 15 is 0 Å². The van der Waals surface area contributed by atoms with Crippen molar-refractivity contribution in [2.45, 2.75) is 25.9 Å². The number of aliphatic hydroxyl groups excluding tert-OH is 1. The van der Waals surface area contributed by atoms with Crippen molar-refractivity contribution in [2.75, 3.05) is 13.7 Å². The molecule has 0 aliphatic heterocycles.